The second-order valence-electron chi connectivity index (χ2n) is 16.2. The number of anilines is 6. The molecular formula is C59H36N4. The van der Waals surface area contributed by atoms with Crippen LogP contribution in [0.3, 0.4) is 0 Å². The molecule has 4 heteroatoms. The molecule has 10 aromatic carbocycles. The predicted octanol–water partition coefficient (Wildman–Crippen LogP) is 15.0. The molecule has 4 nitrogen and oxygen atoms in total. The number of para-hydroxylation sites is 4. The van der Waals surface area contributed by atoms with Crippen molar-refractivity contribution < 1.29 is 0 Å². The quantitative estimate of drug-likeness (QED) is 0.168. The molecule has 2 aliphatic rings. The minimum Gasteiger partial charge on any atom is -0.309 e. The highest BCUT2D eigenvalue weighted by molar-refractivity contribution is 6.15. The molecule has 292 valence electrons. The monoisotopic (exact) mass is 800 g/mol. The molecule has 0 radical (unpaired) electrons. The van der Waals surface area contributed by atoms with E-state index in [-0.39, 0.29) is 0 Å². The first-order valence-corrected chi connectivity index (χ1v) is 21.2. The van der Waals surface area contributed by atoms with Gasteiger partial charge in [-0.1, -0.05) is 152 Å². The van der Waals surface area contributed by atoms with E-state index in [0.717, 1.165) is 50.3 Å². The van der Waals surface area contributed by atoms with Crippen LogP contribution in [0.25, 0.3) is 43.8 Å². The summed E-state index contributed by atoms with van der Waals surface area (Å²) in [7, 11) is 0. The predicted molar refractivity (Wildman–Crippen MR) is 257 cm³/mol. The minimum absolute atomic E-state index is 0.601. The van der Waals surface area contributed by atoms with Gasteiger partial charge in [0.05, 0.1) is 33.6 Å². The Hall–Kier alpha value is -8.70. The first-order chi connectivity index (χ1) is 31.2. The van der Waals surface area contributed by atoms with Gasteiger partial charge in [0.2, 0.25) is 0 Å². The number of hydrogen-bond acceptors (Lipinski definition) is 4. The molecule has 0 aromatic heterocycles. The molecule has 0 heterocycles. The Morgan fingerprint density at radius 3 is 1.51 bits per heavy atom. The number of nitrogens with zero attached hydrogens (tertiary/aromatic N) is 4. The lowest BCUT2D eigenvalue weighted by Gasteiger charge is -2.34. The van der Waals surface area contributed by atoms with Crippen molar-refractivity contribution in [2.75, 3.05) is 9.80 Å². The molecule has 10 aromatic rings. The molecule has 0 aliphatic heterocycles. The Morgan fingerprint density at radius 2 is 0.873 bits per heavy atom. The highest BCUT2D eigenvalue weighted by Crippen LogP contribution is 2.66. The Bertz CT molecular complexity index is 3510. The maximum Gasteiger partial charge on any atom is 0.101 e. The summed E-state index contributed by atoms with van der Waals surface area (Å²) >= 11 is 0. The van der Waals surface area contributed by atoms with Crippen LogP contribution in [-0.4, -0.2) is 0 Å². The number of rotatable bonds is 6. The van der Waals surface area contributed by atoms with E-state index in [9.17, 15) is 10.5 Å². The summed E-state index contributed by atoms with van der Waals surface area (Å²) in [6.45, 7) is 0. The third kappa shape index (κ3) is 5.20. The molecule has 63 heavy (non-hydrogen) atoms. The number of nitriles is 2. The van der Waals surface area contributed by atoms with Crippen LogP contribution in [0.2, 0.25) is 0 Å². The van der Waals surface area contributed by atoms with Crippen LogP contribution in [0.15, 0.2) is 218 Å². The average Bonchev–Trinajstić information content (AvgIpc) is 3.82. The first kappa shape index (κ1) is 36.2. The molecular weight excluding hydrogens is 765 g/mol. The zero-order valence-corrected chi connectivity index (χ0v) is 34.1. The second kappa shape index (κ2) is 14.2. The fraction of sp³-hybridized carbons (Fsp3) is 0.0169. The van der Waals surface area contributed by atoms with Gasteiger partial charge < -0.3 is 9.80 Å². The maximum atomic E-state index is 10.5. The van der Waals surface area contributed by atoms with Crippen LogP contribution in [0.1, 0.15) is 33.4 Å². The summed E-state index contributed by atoms with van der Waals surface area (Å²) in [6.07, 6.45) is 0. The summed E-state index contributed by atoms with van der Waals surface area (Å²) in [4.78, 5) is 4.46. The lowest BCUT2D eigenvalue weighted by molar-refractivity contribution is 0.802. The van der Waals surface area contributed by atoms with Crippen molar-refractivity contribution in [3.63, 3.8) is 0 Å². The second-order valence-corrected chi connectivity index (χ2v) is 16.2. The van der Waals surface area contributed by atoms with Crippen LogP contribution in [0, 0.1) is 22.7 Å². The summed E-state index contributed by atoms with van der Waals surface area (Å²) in [5, 5.41) is 25.4. The molecule has 12 rings (SSSR count). The van der Waals surface area contributed by atoms with Gasteiger partial charge in [-0.05, 0) is 127 Å². The molecule has 0 unspecified atom stereocenters. The van der Waals surface area contributed by atoms with Crippen molar-refractivity contribution >= 4 is 55.7 Å². The highest BCUT2D eigenvalue weighted by Gasteiger charge is 2.53. The largest absolute Gasteiger partial charge is 0.309 e. The van der Waals surface area contributed by atoms with E-state index in [4.69, 9.17) is 0 Å². The van der Waals surface area contributed by atoms with Crippen LogP contribution in [0.4, 0.5) is 34.1 Å². The van der Waals surface area contributed by atoms with Crippen LogP contribution in [-0.2, 0) is 5.41 Å². The van der Waals surface area contributed by atoms with Crippen LogP contribution in [0.5, 0.6) is 0 Å². The summed E-state index contributed by atoms with van der Waals surface area (Å²) in [5.41, 5.74) is 16.0. The van der Waals surface area contributed by atoms with Gasteiger partial charge in [-0.2, -0.15) is 10.5 Å². The van der Waals surface area contributed by atoms with Gasteiger partial charge >= 0.3 is 0 Å². The third-order valence-electron chi connectivity index (χ3n) is 13.1. The Morgan fingerprint density at radius 1 is 0.349 bits per heavy atom. The molecule has 1 spiro atoms. The zero-order chi connectivity index (χ0) is 42.1. The smallest absolute Gasteiger partial charge is 0.101 e. The Balaban J connectivity index is 1.20. The number of fused-ring (bicyclic) bond motifs is 14. The molecule has 0 N–H and O–H groups in total. The molecule has 0 saturated carbocycles. The van der Waals surface area contributed by atoms with Gasteiger partial charge in [0, 0.05) is 22.4 Å². The summed E-state index contributed by atoms with van der Waals surface area (Å²) in [6, 6.07) is 81.8. The normalized spacial score (nSPS) is 12.5. The molecule has 0 atom stereocenters. The summed E-state index contributed by atoms with van der Waals surface area (Å²) < 4.78 is 0. The Kier molecular flexibility index (Phi) is 8.16. The van der Waals surface area contributed by atoms with Gasteiger partial charge in [0.15, 0.2) is 0 Å². The van der Waals surface area contributed by atoms with Crippen LogP contribution < -0.4 is 9.80 Å². The van der Waals surface area contributed by atoms with E-state index in [1.807, 2.05) is 66.7 Å². The lowest BCUT2D eigenvalue weighted by atomic mass is 9.69. The van der Waals surface area contributed by atoms with Crippen molar-refractivity contribution in [3.05, 3.63) is 252 Å². The van der Waals surface area contributed by atoms with E-state index in [1.165, 1.54) is 49.9 Å². The highest BCUT2D eigenvalue weighted by atomic mass is 15.2. The first-order valence-electron chi connectivity index (χ1n) is 21.2. The van der Waals surface area contributed by atoms with E-state index in [1.54, 1.807) is 0 Å². The molecule has 0 fully saturated rings. The minimum atomic E-state index is -0.679. The van der Waals surface area contributed by atoms with Crippen molar-refractivity contribution in [1.29, 1.82) is 10.5 Å². The number of hydrogen-bond donors (Lipinski definition) is 0. The van der Waals surface area contributed by atoms with Gasteiger partial charge in [-0.15, -0.1) is 0 Å². The molecule has 0 saturated heterocycles. The fourth-order valence-corrected chi connectivity index (χ4v) is 10.6. The van der Waals surface area contributed by atoms with Crippen LogP contribution >= 0.6 is 0 Å². The fourth-order valence-electron chi connectivity index (χ4n) is 10.6. The van der Waals surface area contributed by atoms with Crippen molar-refractivity contribution in [1.82, 2.24) is 0 Å². The SMILES string of the molecule is N#Cc1ccccc1N(c1ccccc1)c1ccc2c3c(ccc2c1)-c1c(cc(N(c2ccccc2)c2ccccc2C#N)c2ccccc12)C31c2ccccc2-c2ccccc21. The van der Waals surface area contributed by atoms with Gasteiger partial charge in [0.25, 0.3) is 0 Å². The van der Waals surface area contributed by atoms with E-state index >= 15 is 0 Å². The van der Waals surface area contributed by atoms with E-state index in [0.29, 0.717) is 11.1 Å². The zero-order valence-electron chi connectivity index (χ0n) is 34.1. The number of benzene rings is 10. The van der Waals surface area contributed by atoms with Gasteiger partial charge in [0.1, 0.15) is 12.1 Å². The van der Waals surface area contributed by atoms with Gasteiger partial charge in [-0.25, -0.2) is 0 Å². The standard InChI is InChI=1S/C59H36N4/c60-37-40-17-7-15-29-54(40)62(42-19-3-1-4-20-42)44-32-34-45-39(35-44)31-33-50-57-49-26-10-9-25-48(49)56(63(43-21-5-2-6-22-43)55-30-16-8-18-41(55)38-61)36-53(57)59(58(45)50)51-27-13-11-23-46(51)47-24-12-14-28-52(47)59/h1-36H. The lowest BCUT2D eigenvalue weighted by Crippen LogP contribution is -2.26. The summed E-state index contributed by atoms with van der Waals surface area (Å²) in [5.74, 6) is 0. The molecule has 0 amide bonds. The van der Waals surface area contributed by atoms with Crippen molar-refractivity contribution in [3.8, 4) is 34.4 Å². The van der Waals surface area contributed by atoms with E-state index in [2.05, 4.69) is 174 Å². The third-order valence-corrected chi connectivity index (χ3v) is 13.1. The van der Waals surface area contributed by atoms with Crippen molar-refractivity contribution in [2.45, 2.75) is 5.41 Å². The topological polar surface area (TPSA) is 54.1 Å². The average molecular weight is 801 g/mol. The molecule has 2 aliphatic carbocycles. The van der Waals surface area contributed by atoms with Gasteiger partial charge in [-0.3, -0.25) is 0 Å². The molecule has 0 bridgehead atoms. The Labute approximate surface area is 366 Å². The maximum absolute atomic E-state index is 10.5. The van der Waals surface area contributed by atoms with Crippen molar-refractivity contribution in [2.24, 2.45) is 0 Å². The van der Waals surface area contributed by atoms with E-state index < -0.39 is 5.41 Å².